The molecule has 0 saturated carbocycles. The van der Waals surface area contributed by atoms with Crippen LogP contribution in [0.25, 0.3) is 0 Å². The first-order valence-corrected chi connectivity index (χ1v) is 12.8. The summed E-state index contributed by atoms with van der Waals surface area (Å²) in [4.78, 5) is 27.9. The predicted molar refractivity (Wildman–Crippen MR) is 146 cm³/mol. The molecule has 194 valence electrons. The van der Waals surface area contributed by atoms with Crippen LogP contribution in [0.3, 0.4) is 0 Å². The van der Waals surface area contributed by atoms with E-state index in [4.69, 9.17) is 21.1 Å². The lowest BCUT2D eigenvalue weighted by Gasteiger charge is -2.35. The van der Waals surface area contributed by atoms with E-state index >= 15 is 0 Å². The molecule has 1 saturated heterocycles. The minimum Gasteiger partial charge on any atom is -0.493 e. The fourth-order valence-electron chi connectivity index (χ4n) is 4.57. The Morgan fingerprint density at radius 2 is 1.57 bits per heavy atom. The zero-order chi connectivity index (χ0) is 26.2. The molecule has 0 bridgehead atoms. The number of carbonyl (C=O) groups is 2. The Morgan fingerprint density at radius 3 is 2.27 bits per heavy atom. The zero-order valence-corrected chi connectivity index (χ0v) is 21.9. The van der Waals surface area contributed by atoms with Crippen LogP contribution in [0.2, 0.25) is 5.02 Å². The van der Waals surface area contributed by atoms with Gasteiger partial charge in [0.05, 0.1) is 30.4 Å². The Kier molecular flexibility index (Phi) is 8.90. The van der Waals surface area contributed by atoms with Crippen molar-refractivity contribution in [2.75, 3.05) is 38.8 Å². The van der Waals surface area contributed by atoms with Crippen molar-refractivity contribution in [1.29, 1.82) is 0 Å². The van der Waals surface area contributed by atoms with Gasteiger partial charge in [0.25, 0.3) is 11.8 Å². The Labute approximate surface area is 222 Å². The van der Waals surface area contributed by atoms with Gasteiger partial charge in [0.2, 0.25) is 0 Å². The lowest BCUT2D eigenvalue weighted by Crippen LogP contribution is -2.45. The fourth-order valence-corrected chi connectivity index (χ4v) is 4.79. The maximum absolute atomic E-state index is 13.1. The van der Waals surface area contributed by atoms with Crippen LogP contribution >= 0.6 is 11.6 Å². The first-order chi connectivity index (χ1) is 18.0. The van der Waals surface area contributed by atoms with Gasteiger partial charge in [-0.25, -0.2) is 0 Å². The molecule has 0 aromatic heterocycles. The number of amides is 2. The third-order valence-corrected chi connectivity index (χ3v) is 6.91. The molecule has 0 spiro atoms. The molecular weight excluding hydrogens is 490 g/mol. The first kappa shape index (κ1) is 26.4. The summed E-state index contributed by atoms with van der Waals surface area (Å²) >= 11 is 6.17. The number of piperidine rings is 1. The summed E-state index contributed by atoms with van der Waals surface area (Å²) in [5.41, 5.74) is 3.09. The van der Waals surface area contributed by atoms with Gasteiger partial charge in [0, 0.05) is 31.4 Å². The third kappa shape index (κ3) is 6.54. The number of hydrogen-bond acceptors (Lipinski definition) is 5. The van der Waals surface area contributed by atoms with Crippen LogP contribution in [0.4, 0.5) is 5.69 Å². The normalized spacial score (nSPS) is 13.6. The Hall–Kier alpha value is -3.71. The Morgan fingerprint density at radius 1 is 0.892 bits per heavy atom. The number of para-hydroxylation sites is 1. The highest BCUT2D eigenvalue weighted by Gasteiger charge is 2.24. The summed E-state index contributed by atoms with van der Waals surface area (Å²) in [5.74, 6) is 1.09. The van der Waals surface area contributed by atoms with E-state index in [1.807, 2.05) is 42.5 Å². The van der Waals surface area contributed by atoms with Crippen molar-refractivity contribution < 1.29 is 19.1 Å². The van der Waals surface area contributed by atoms with Gasteiger partial charge in [0.15, 0.2) is 11.5 Å². The highest BCUT2D eigenvalue weighted by atomic mass is 35.5. The van der Waals surface area contributed by atoms with Gasteiger partial charge in [-0.15, -0.1) is 0 Å². The highest BCUT2D eigenvalue weighted by Crippen LogP contribution is 2.28. The summed E-state index contributed by atoms with van der Waals surface area (Å²) in [6.07, 6.45) is 2.24. The molecule has 37 heavy (non-hydrogen) atoms. The summed E-state index contributed by atoms with van der Waals surface area (Å²) < 4.78 is 10.7. The number of nitrogens with one attached hydrogen (secondary N) is 2. The van der Waals surface area contributed by atoms with E-state index in [9.17, 15) is 9.59 Å². The number of ether oxygens (including phenoxy) is 2. The molecule has 4 rings (SSSR count). The lowest BCUT2D eigenvalue weighted by atomic mass is 10.0. The SMILES string of the molecule is COc1ccc(CCNC(=O)c2ccccc2N2CCC(NC(=O)c3ccccc3Cl)CC2)cc1OC. The second-order valence-corrected chi connectivity index (χ2v) is 9.33. The van der Waals surface area contributed by atoms with Crippen molar-refractivity contribution in [3.8, 4) is 11.5 Å². The van der Waals surface area contributed by atoms with Crippen LogP contribution < -0.4 is 25.0 Å². The number of methoxy groups -OCH3 is 2. The average Bonchev–Trinajstić information content (AvgIpc) is 2.93. The second kappa shape index (κ2) is 12.5. The standard InChI is InChI=1S/C29H32ClN3O4/c1-36-26-12-11-20(19-27(26)37-2)13-16-31-28(34)23-8-4-6-10-25(23)33-17-14-21(15-18-33)32-29(35)22-7-3-5-9-24(22)30/h3-12,19,21H,13-18H2,1-2H3,(H,31,34)(H,32,35). The zero-order valence-electron chi connectivity index (χ0n) is 21.1. The third-order valence-electron chi connectivity index (χ3n) is 6.59. The number of benzene rings is 3. The van der Waals surface area contributed by atoms with Crippen LogP contribution in [0.15, 0.2) is 66.7 Å². The highest BCUT2D eigenvalue weighted by molar-refractivity contribution is 6.33. The maximum atomic E-state index is 13.1. The molecule has 0 atom stereocenters. The van der Waals surface area contributed by atoms with E-state index in [1.165, 1.54) is 0 Å². The molecule has 1 aliphatic rings. The first-order valence-electron chi connectivity index (χ1n) is 12.4. The van der Waals surface area contributed by atoms with E-state index in [0.29, 0.717) is 40.6 Å². The maximum Gasteiger partial charge on any atom is 0.253 e. The minimum absolute atomic E-state index is 0.0579. The van der Waals surface area contributed by atoms with E-state index < -0.39 is 0 Å². The predicted octanol–water partition coefficient (Wildman–Crippen LogP) is 4.73. The molecule has 1 heterocycles. The van der Waals surface area contributed by atoms with Crippen LogP contribution in [0.5, 0.6) is 11.5 Å². The van der Waals surface area contributed by atoms with Crippen molar-refractivity contribution >= 4 is 29.1 Å². The minimum atomic E-state index is -0.154. The van der Waals surface area contributed by atoms with Gasteiger partial charge in [-0.1, -0.05) is 41.9 Å². The number of hydrogen-bond donors (Lipinski definition) is 2. The Balaban J connectivity index is 1.32. The topological polar surface area (TPSA) is 79.9 Å². The molecule has 1 fully saturated rings. The van der Waals surface area contributed by atoms with Gasteiger partial charge in [-0.2, -0.15) is 0 Å². The van der Waals surface area contributed by atoms with Gasteiger partial charge in [-0.05, 0) is 61.2 Å². The molecule has 2 amide bonds. The summed E-state index contributed by atoms with van der Waals surface area (Å²) in [6, 6.07) is 20.5. The summed E-state index contributed by atoms with van der Waals surface area (Å²) in [6.45, 7) is 1.98. The summed E-state index contributed by atoms with van der Waals surface area (Å²) in [7, 11) is 3.21. The van der Waals surface area contributed by atoms with E-state index in [1.54, 1.807) is 38.5 Å². The smallest absolute Gasteiger partial charge is 0.253 e. The van der Waals surface area contributed by atoms with Gasteiger partial charge < -0.3 is 25.0 Å². The van der Waals surface area contributed by atoms with Crippen molar-refractivity contribution in [2.24, 2.45) is 0 Å². The van der Waals surface area contributed by atoms with Crippen LogP contribution in [-0.2, 0) is 6.42 Å². The van der Waals surface area contributed by atoms with E-state index in [2.05, 4.69) is 15.5 Å². The monoisotopic (exact) mass is 521 g/mol. The van der Waals surface area contributed by atoms with Crippen molar-refractivity contribution in [1.82, 2.24) is 10.6 Å². The van der Waals surface area contributed by atoms with Crippen LogP contribution in [0, 0.1) is 0 Å². The molecule has 0 unspecified atom stereocenters. The van der Waals surface area contributed by atoms with Crippen molar-refractivity contribution in [3.05, 3.63) is 88.4 Å². The quantitative estimate of drug-likeness (QED) is 0.425. The number of halogens is 1. The molecule has 0 radical (unpaired) electrons. The summed E-state index contributed by atoms with van der Waals surface area (Å²) in [5, 5.41) is 6.59. The fraction of sp³-hybridized carbons (Fsp3) is 0.310. The number of anilines is 1. The van der Waals surface area contributed by atoms with Crippen LogP contribution in [0.1, 0.15) is 39.1 Å². The average molecular weight is 522 g/mol. The van der Waals surface area contributed by atoms with Crippen molar-refractivity contribution in [2.45, 2.75) is 25.3 Å². The lowest BCUT2D eigenvalue weighted by molar-refractivity contribution is 0.0929. The van der Waals surface area contributed by atoms with Crippen molar-refractivity contribution in [3.63, 3.8) is 0 Å². The number of nitrogens with zero attached hydrogens (tertiary/aromatic N) is 1. The van der Waals surface area contributed by atoms with E-state index in [0.717, 1.165) is 37.2 Å². The largest absolute Gasteiger partial charge is 0.493 e. The molecule has 0 aliphatic carbocycles. The molecule has 8 heteroatoms. The van der Waals surface area contributed by atoms with Crippen LogP contribution in [-0.4, -0.2) is 51.7 Å². The molecular formula is C29H32ClN3O4. The van der Waals surface area contributed by atoms with E-state index in [-0.39, 0.29) is 17.9 Å². The molecule has 7 nitrogen and oxygen atoms in total. The number of carbonyl (C=O) groups excluding carboxylic acids is 2. The van der Waals surface area contributed by atoms with Gasteiger partial charge >= 0.3 is 0 Å². The van der Waals surface area contributed by atoms with Gasteiger partial charge in [0.1, 0.15) is 0 Å². The number of rotatable bonds is 9. The molecule has 1 aliphatic heterocycles. The molecule has 3 aromatic rings. The molecule has 3 aromatic carbocycles. The van der Waals surface area contributed by atoms with Gasteiger partial charge in [-0.3, -0.25) is 9.59 Å². The molecule has 2 N–H and O–H groups in total. The Bertz CT molecular complexity index is 1240. The second-order valence-electron chi connectivity index (χ2n) is 8.93.